The van der Waals surface area contributed by atoms with Gasteiger partial charge in [0.15, 0.2) is 0 Å². The first-order valence-electron chi connectivity index (χ1n) is 8.89. The van der Waals surface area contributed by atoms with Gasteiger partial charge in [0.05, 0.1) is 42.6 Å². The number of nitrogens with one attached hydrogen (secondary N) is 1. The Morgan fingerprint density at radius 2 is 2.03 bits per heavy atom. The van der Waals surface area contributed by atoms with Crippen molar-refractivity contribution in [2.45, 2.75) is 18.9 Å². The van der Waals surface area contributed by atoms with Gasteiger partial charge in [-0.1, -0.05) is 12.1 Å². The van der Waals surface area contributed by atoms with Gasteiger partial charge in [0, 0.05) is 22.9 Å². The third-order valence-electron chi connectivity index (χ3n) is 4.77. The van der Waals surface area contributed by atoms with Gasteiger partial charge >= 0.3 is 6.03 Å². The largest absolute Gasteiger partial charge is 0.495 e. The number of rotatable bonds is 4. The normalized spacial score (nSPS) is 18.5. The summed E-state index contributed by atoms with van der Waals surface area (Å²) >= 11 is 1.51. The Morgan fingerprint density at radius 3 is 2.76 bits per heavy atom. The van der Waals surface area contributed by atoms with E-state index < -0.39 is 0 Å². The van der Waals surface area contributed by atoms with Crippen molar-refractivity contribution in [3.8, 4) is 23.1 Å². The molecule has 144 valence electrons. The molecule has 0 saturated carbocycles. The summed E-state index contributed by atoms with van der Waals surface area (Å²) in [6, 6.07) is 10.6. The van der Waals surface area contributed by atoms with Crippen molar-refractivity contribution in [1.82, 2.24) is 15.3 Å². The van der Waals surface area contributed by atoms with Crippen LogP contribution in [0.4, 0.5) is 4.79 Å². The first-order chi connectivity index (χ1) is 14.1. The number of hydrogen-bond donors (Lipinski definition) is 1. The van der Waals surface area contributed by atoms with E-state index in [9.17, 15) is 4.79 Å². The molecular weight excluding hydrogens is 386 g/mol. The van der Waals surface area contributed by atoms with E-state index in [0.29, 0.717) is 17.0 Å². The number of methoxy groups -OCH3 is 1. The fraction of sp³-hybridized carbons (Fsp3) is 0.190. The summed E-state index contributed by atoms with van der Waals surface area (Å²) in [4.78, 5) is 25.2. The fourth-order valence-corrected chi connectivity index (χ4v) is 4.34. The molecule has 29 heavy (non-hydrogen) atoms. The maximum absolute atomic E-state index is 12.1. The molecule has 2 amide bonds. The fourth-order valence-electron chi connectivity index (χ4n) is 3.31. The van der Waals surface area contributed by atoms with Gasteiger partial charge in [0.2, 0.25) is 0 Å². The Labute approximate surface area is 171 Å². The SMILES string of the molecule is COc1cncc(C2NC(=O)N=C(C)C2c2nc(-c3ccc(C#N)cc3)cs2)c1. The molecule has 1 aliphatic heterocycles. The molecule has 1 aromatic carbocycles. The van der Waals surface area contributed by atoms with Crippen LogP contribution in [0.3, 0.4) is 0 Å². The van der Waals surface area contributed by atoms with Crippen molar-refractivity contribution in [1.29, 1.82) is 5.26 Å². The number of aliphatic imine (C=N–C) groups is 1. The van der Waals surface area contributed by atoms with Gasteiger partial charge in [-0.15, -0.1) is 11.3 Å². The van der Waals surface area contributed by atoms with E-state index in [2.05, 4.69) is 21.4 Å². The van der Waals surface area contributed by atoms with Crippen LogP contribution >= 0.6 is 11.3 Å². The molecule has 8 heteroatoms. The molecule has 4 rings (SSSR count). The molecule has 7 nitrogen and oxygen atoms in total. The van der Waals surface area contributed by atoms with E-state index in [1.165, 1.54) is 11.3 Å². The van der Waals surface area contributed by atoms with E-state index in [1.807, 2.05) is 30.5 Å². The summed E-state index contributed by atoms with van der Waals surface area (Å²) in [5.41, 5.74) is 3.88. The lowest BCUT2D eigenvalue weighted by molar-refractivity contribution is 0.242. The number of thiazole rings is 1. The molecule has 0 bridgehead atoms. The topological polar surface area (TPSA) is 100 Å². The lowest BCUT2D eigenvalue weighted by Crippen LogP contribution is -2.38. The third-order valence-corrected chi connectivity index (χ3v) is 5.70. The van der Waals surface area contributed by atoms with Crippen molar-refractivity contribution in [3.05, 3.63) is 64.2 Å². The van der Waals surface area contributed by atoms with Crippen molar-refractivity contribution >= 4 is 23.1 Å². The van der Waals surface area contributed by atoms with Crippen LogP contribution in [0, 0.1) is 11.3 Å². The Hall–Kier alpha value is -3.57. The molecule has 0 radical (unpaired) electrons. The smallest absolute Gasteiger partial charge is 0.341 e. The number of ether oxygens (including phenoxy) is 1. The Morgan fingerprint density at radius 1 is 1.24 bits per heavy atom. The highest BCUT2D eigenvalue weighted by Gasteiger charge is 2.35. The lowest BCUT2D eigenvalue weighted by atomic mass is 9.89. The Balaban J connectivity index is 1.72. The van der Waals surface area contributed by atoms with Crippen molar-refractivity contribution in [3.63, 3.8) is 0 Å². The first-order valence-corrected chi connectivity index (χ1v) is 9.77. The van der Waals surface area contributed by atoms with Crippen LogP contribution in [0.5, 0.6) is 5.75 Å². The third kappa shape index (κ3) is 3.73. The van der Waals surface area contributed by atoms with Gasteiger partial charge in [-0.2, -0.15) is 5.26 Å². The highest BCUT2D eigenvalue weighted by molar-refractivity contribution is 7.10. The van der Waals surface area contributed by atoms with Crippen LogP contribution in [0.1, 0.15) is 35.0 Å². The minimum absolute atomic E-state index is 0.210. The zero-order valence-corrected chi connectivity index (χ0v) is 16.6. The number of amides is 2. The van der Waals surface area contributed by atoms with E-state index in [4.69, 9.17) is 15.0 Å². The highest BCUT2D eigenvalue weighted by atomic mass is 32.1. The molecule has 1 N–H and O–H groups in total. The minimum Gasteiger partial charge on any atom is -0.495 e. The number of benzene rings is 1. The van der Waals surface area contributed by atoms with Gasteiger partial charge in [-0.05, 0) is 30.7 Å². The average molecular weight is 403 g/mol. The van der Waals surface area contributed by atoms with Crippen LogP contribution < -0.4 is 10.1 Å². The number of carbonyl (C=O) groups excluding carboxylic acids is 1. The molecule has 3 aromatic rings. The summed E-state index contributed by atoms with van der Waals surface area (Å²) in [6.07, 6.45) is 3.34. The van der Waals surface area contributed by atoms with Crippen LogP contribution in [-0.4, -0.2) is 28.8 Å². The van der Waals surface area contributed by atoms with Gasteiger partial charge in [0.1, 0.15) is 10.8 Å². The summed E-state index contributed by atoms with van der Waals surface area (Å²) < 4.78 is 5.28. The van der Waals surface area contributed by atoms with Crippen LogP contribution in [0.2, 0.25) is 0 Å². The second-order valence-electron chi connectivity index (χ2n) is 6.58. The summed E-state index contributed by atoms with van der Waals surface area (Å²) in [5.74, 6) is 0.409. The van der Waals surface area contributed by atoms with E-state index >= 15 is 0 Å². The second-order valence-corrected chi connectivity index (χ2v) is 7.47. The number of pyridine rings is 1. The molecule has 0 fully saturated rings. The number of nitriles is 1. The first kappa shape index (κ1) is 18.8. The van der Waals surface area contributed by atoms with E-state index in [-0.39, 0.29) is 18.0 Å². The monoisotopic (exact) mass is 403 g/mol. The average Bonchev–Trinajstić information content (AvgIpc) is 3.23. The van der Waals surface area contributed by atoms with Crippen molar-refractivity contribution in [2.75, 3.05) is 7.11 Å². The summed E-state index contributed by atoms with van der Waals surface area (Å²) in [6.45, 7) is 1.84. The predicted octanol–water partition coefficient (Wildman–Crippen LogP) is 4.09. The number of carbonyl (C=O) groups is 1. The van der Waals surface area contributed by atoms with Crippen LogP contribution in [0.25, 0.3) is 11.3 Å². The predicted molar refractivity (Wildman–Crippen MR) is 110 cm³/mol. The van der Waals surface area contributed by atoms with E-state index in [0.717, 1.165) is 21.8 Å². The van der Waals surface area contributed by atoms with Gasteiger partial charge in [0.25, 0.3) is 0 Å². The Kier molecular flexibility index (Phi) is 5.06. The molecule has 2 atom stereocenters. The molecule has 2 unspecified atom stereocenters. The van der Waals surface area contributed by atoms with E-state index in [1.54, 1.807) is 31.6 Å². The van der Waals surface area contributed by atoms with Crippen LogP contribution in [-0.2, 0) is 0 Å². The minimum atomic E-state index is -0.379. The van der Waals surface area contributed by atoms with Gasteiger partial charge < -0.3 is 10.1 Å². The standard InChI is InChI=1S/C21H17N5O2S/c1-12-18(19(26-21(27)24-12)15-7-16(28-2)10-23-9-15)20-25-17(11-29-20)14-5-3-13(8-22)4-6-14/h3-7,9-11,18-19H,1-2H3,(H,26,27). The zero-order chi connectivity index (χ0) is 20.4. The highest BCUT2D eigenvalue weighted by Crippen LogP contribution is 2.38. The molecule has 3 heterocycles. The quantitative estimate of drug-likeness (QED) is 0.707. The molecule has 2 aromatic heterocycles. The van der Waals surface area contributed by atoms with Crippen LogP contribution in [0.15, 0.2) is 53.1 Å². The van der Waals surface area contributed by atoms with Gasteiger partial charge in [-0.3, -0.25) is 4.98 Å². The number of hydrogen-bond acceptors (Lipinski definition) is 6. The van der Waals surface area contributed by atoms with Crippen molar-refractivity contribution < 1.29 is 9.53 Å². The number of urea groups is 1. The second kappa shape index (κ2) is 7.81. The van der Waals surface area contributed by atoms with Gasteiger partial charge in [-0.25, -0.2) is 14.8 Å². The zero-order valence-electron chi connectivity index (χ0n) is 15.8. The molecule has 0 spiro atoms. The summed E-state index contributed by atoms with van der Waals surface area (Å²) in [7, 11) is 1.58. The summed E-state index contributed by atoms with van der Waals surface area (Å²) in [5, 5.41) is 14.7. The number of aromatic nitrogens is 2. The van der Waals surface area contributed by atoms with Crippen molar-refractivity contribution in [2.24, 2.45) is 4.99 Å². The molecule has 1 aliphatic rings. The molecule has 0 aliphatic carbocycles. The maximum atomic E-state index is 12.1. The Bertz CT molecular complexity index is 1130. The maximum Gasteiger partial charge on any atom is 0.341 e. The lowest BCUT2D eigenvalue weighted by Gasteiger charge is -2.29. The molecule has 0 saturated heterocycles. The molecular formula is C21H17N5O2S. The number of nitrogens with zero attached hydrogens (tertiary/aromatic N) is 4.